The zero-order valence-electron chi connectivity index (χ0n) is 13.2. The van der Waals surface area contributed by atoms with Gasteiger partial charge < -0.3 is 20.5 Å². The van der Waals surface area contributed by atoms with Crippen molar-refractivity contribution in [2.45, 2.75) is 6.92 Å². The number of thiophene rings is 1. The van der Waals surface area contributed by atoms with E-state index < -0.39 is 24.4 Å². The van der Waals surface area contributed by atoms with Crippen molar-refractivity contribution in [3.05, 3.63) is 45.8 Å². The Labute approximate surface area is 152 Å². The highest BCUT2D eigenvalue weighted by molar-refractivity contribution is 7.14. The predicted octanol–water partition coefficient (Wildman–Crippen LogP) is 2.37. The minimum absolute atomic E-state index is 0.200. The normalized spacial score (nSPS) is 10.2. The summed E-state index contributed by atoms with van der Waals surface area (Å²) in [6.07, 6.45) is 0. The van der Waals surface area contributed by atoms with E-state index in [9.17, 15) is 14.4 Å². The molecule has 9 heteroatoms. The van der Waals surface area contributed by atoms with Crippen LogP contribution in [0.15, 0.2) is 29.6 Å². The fourth-order valence-corrected chi connectivity index (χ4v) is 2.90. The van der Waals surface area contributed by atoms with Gasteiger partial charge in [-0.2, -0.15) is 0 Å². The van der Waals surface area contributed by atoms with Gasteiger partial charge in [-0.15, -0.1) is 11.3 Å². The van der Waals surface area contributed by atoms with E-state index in [0.717, 1.165) is 16.9 Å². The van der Waals surface area contributed by atoms with Crippen molar-refractivity contribution in [1.82, 2.24) is 0 Å². The summed E-state index contributed by atoms with van der Waals surface area (Å²) in [4.78, 5) is 34.6. The summed E-state index contributed by atoms with van der Waals surface area (Å²) in [5.41, 5.74) is 6.15. The van der Waals surface area contributed by atoms with Crippen LogP contribution < -0.4 is 15.8 Å². The third-order valence-corrected chi connectivity index (χ3v) is 4.10. The lowest BCUT2D eigenvalue weighted by Crippen LogP contribution is -2.24. The first-order chi connectivity index (χ1) is 11.9. The van der Waals surface area contributed by atoms with Crippen molar-refractivity contribution in [2.75, 3.05) is 18.5 Å². The summed E-state index contributed by atoms with van der Waals surface area (Å²) >= 11 is 6.98. The average molecular weight is 383 g/mol. The van der Waals surface area contributed by atoms with Gasteiger partial charge in [-0.25, -0.2) is 4.79 Å². The molecule has 132 valence electrons. The number of carbonyl (C=O) groups excluding carboxylic acids is 3. The molecule has 0 aliphatic heterocycles. The first kappa shape index (κ1) is 18.8. The fourth-order valence-electron chi connectivity index (χ4n) is 1.86. The number of anilines is 1. The Morgan fingerprint density at radius 1 is 1.24 bits per heavy atom. The Morgan fingerprint density at radius 2 is 2.00 bits per heavy atom. The minimum atomic E-state index is -0.703. The zero-order chi connectivity index (χ0) is 18.4. The number of aryl methyl sites for hydroxylation is 1. The third-order valence-electron chi connectivity index (χ3n) is 3.03. The summed E-state index contributed by atoms with van der Waals surface area (Å²) in [5, 5.41) is 4.95. The van der Waals surface area contributed by atoms with Crippen molar-refractivity contribution >= 4 is 45.7 Å². The Balaban J connectivity index is 1.78. The molecule has 1 aromatic carbocycles. The van der Waals surface area contributed by atoms with Crippen LogP contribution in [-0.4, -0.2) is 31.0 Å². The quantitative estimate of drug-likeness (QED) is 0.715. The molecule has 1 aromatic heterocycles. The van der Waals surface area contributed by atoms with Crippen LogP contribution in [0, 0.1) is 6.92 Å². The number of hydrogen-bond donors (Lipinski definition) is 2. The molecule has 0 saturated carbocycles. The number of hydrogen-bond acceptors (Lipinski definition) is 6. The van der Waals surface area contributed by atoms with Crippen LogP contribution in [0.1, 0.15) is 15.9 Å². The number of benzene rings is 1. The van der Waals surface area contributed by atoms with Gasteiger partial charge in [0.15, 0.2) is 13.2 Å². The second-order valence-electron chi connectivity index (χ2n) is 4.94. The molecule has 2 amide bonds. The van der Waals surface area contributed by atoms with E-state index in [-0.39, 0.29) is 12.2 Å². The van der Waals surface area contributed by atoms with Crippen LogP contribution >= 0.6 is 22.9 Å². The molecule has 0 atom stereocenters. The SMILES string of the molecule is Cc1cc(Cl)ccc1OCC(=O)OCC(=O)Nc1sccc1C(N)=O. The highest BCUT2D eigenvalue weighted by Gasteiger charge is 2.14. The molecule has 0 aliphatic rings. The number of primary amides is 1. The number of rotatable bonds is 7. The van der Waals surface area contributed by atoms with Gasteiger partial charge in [-0.3, -0.25) is 9.59 Å². The Morgan fingerprint density at radius 3 is 2.68 bits per heavy atom. The fraction of sp³-hybridized carbons (Fsp3) is 0.188. The van der Waals surface area contributed by atoms with Crippen LogP contribution in [0.4, 0.5) is 5.00 Å². The molecular weight excluding hydrogens is 368 g/mol. The van der Waals surface area contributed by atoms with Gasteiger partial charge in [0, 0.05) is 5.02 Å². The summed E-state index contributed by atoms with van der Waals surface area (Å²) in [6, 6.07) is 6.48. The maximum absolute atomic E-state index is 11.8. The third kappa shape index (κ3) is 5.47. The monoisotopic (exact) mass is 382 g/mol. The van der Waals surface area contributed by atoms with Gasteiger partial charge in [-0.1, -0.05) is 11.6 Å². The Bertz CT molecular complexity index is 806. The van der Waals surface area contributed by atoms with Gasteiger partial charge in [0.2, 0.25) is 0 Å². The van der Waals surface area contributed by atoms with Crippen molar-refractivity contribution in [3.63, 3.8) is 0 Å². The first-order valence-corrected chi connectivity index (χ1v) is 8.34. The maximum Gasteiger partial charge on any atom is 0.344 e. The van der Waals surface area contributed by atoms with E-state index >= 15 is 0 Å². The maximum atomic E-state index is 11.8. The molecule has 0 saturated heterocycles. The standard InChI is InChI=1S/C16H15ClN2O5S/c1-9-6-10(17)2-3-12(9)23-8-14(21)24-7-13(20)19-16-11(15(18)22)4-5-25-16/h2-6H,7-8H2,1H3,(H2,18,22)(H,19,20). The molecule has 0 radical (unpaired) electrons. The number of carbonyl (C=O) groups is 3. The zero-order valence-corrected chi connectivity index (χ0v) is 14.8. The first-order valence-electron chi connectivity index (χ1n) is 7.08. The van der Waals surface area contributed by atoms with Crippen molar-refractivity contribution in [3.8, 4) is 5.75 Å². The number of halogens is 1. The molecule has 0 unspecified atom stereocenters. The lowest BCUT2D eigenvalue weighted by molar-refractivity contribution is -0.149. The van der Waals surface area contributed by atoms with Gasteiger partial charge in [0.05, 0.1) is 5.56 Å². The van der Waals surface area contributed by atoms with Crippen molar-refractivity contribution in [1.29, 1.82) is 0 Å². The smallest absolute Gasteiger partial charge is 0.344 e. The van der Waals surface area contributed by atoms with E-state index in [4.69, 9.17) is 26.8 Å². The summed E-state index contributed by atoms with van der Waals surface area (Å²) in [7, 11) is 0. The molecule has 0 aliphatic carbocycles. The molecule has 1 heterocycles. The highest BCUT2D eigenvalue weighted by Crippen LogP contribution is 2.23. The number of nitrogens with one attached hydrogen (secondary N) is 1. The van der Waals surface area contributed by atoms with Gasteiger partial charge >= 0.3 is 5.97 Å². The molecule has 2 rings (SSSR count). The van der Waals surface area contributed by atoms with Crippen LogP contribution in [-0.2, 0) is 14.3 Å². The second-order valence-corrected chi connectivity index (χ2v) is 6.29. The van der Waals surface area contributed by atoms with E-state index in [0.29, 0.717) is 15.8 Å². The number of amides is 2. The lowest BCUT2D eigenvalue weighted by atomic mass is 10.2. The molecular formula is C16H15ClN2O5S. The van der Waals surface area contributed by atoms with E-state index in [1.54, 1.807) is 30.5 Å². The molecule has 0 fully saturated rings. The molecule has 0 bridgehead atoms. The van der Waals surface area contributed by atoms with Crippen LogP contribution in [0.25, 0.3) is 0 Å². The lowest BCUT2D eigenvalue weighted by Gasteiger charge is -2.09. The molecule has 3 N–H and O–H groups in total. The largest absolute Gasteiger partial charge is 0.482 e. The van der Waals surface area contributed by atoms with E-state index in [2.05, 4.69) is 5.32 Å². The summed E-state index contributed by atoms with van der Waals surface area (Å²) in [6.45, 7) is 0.941. The Kier molecular flexibility index (Phi) is 6.37. The molecule has 25 heavy (non-hydrogen) atoms. The van der Waals surface area contributed by atoms with Crippen molar-refractivity contribution in [2.24, 2.45) is 5.73 Å². The topological polar surface area (TPSA) is 108 Å². The van der Waals surface area contributed by atoms with Crippen LogP contribution in [0.5, 0.6) is 5.75 Å². The van der Waals surface area contributed by atoms with Gasteiger partial charge in [-0.05, 0) is 42.1 Å². The highest BCUT2D eigenvalue weighted by atomic mass is 35.5. The van der Waals surface area contributed by atoms with Gasteiger partial charge in [0.25, 0.3) is 11.8 Å². The van der Waals surface area contributed by atoms with Crippen molar-refractivity contribution < 1.29 is 23.9 Å². The van der Waals surface area contributed by atoms with E-state index in [1.807, 2.05) is 0 Å². The van der Waals surface area contributed by atoms with Gasteiger partial charge in [0.1, 0.15) is 10.8 Å². The number of esters is 1. The van der Waals surface area contributed by atoms with Crippen LogP contribution in [0.2, 0.25) is 5.02 Å². The van der Waals surface area contributed by atoms with E-state index in [1.165, 1.54) is 6.07 Å². The minimum Gasteiger partial charge on any atom is -0.482 e. The predicted molar refractivity (Wildman–Crippen MR) is 94.1 cm³/mol. The number of nitrogens with two attached hydrogens (primary N) is 1. The number of ether oxygens (including phenoxy) is 2. The Hall–Kier alpha value is -2.58. The average Bonchev–Trinajstić information content (AvgIpc) is 3.00. The molecule has 0 spiro atoms. The summed E-state index contributed by atoms with van der Waals surface area (Å²) in [5.74, 6) is -1.44. The molecule has 2 aromatic rings. The second kappa shape index (κ2) is 8.50. The van der Waals surface area contributed by atoms with Crippen LogP contribution in [0.3, 0.4) is 0 Å². The molecule has 7 nitrogen and oxygen atoms in total. The summed E-state index contributed by atoms with van der Waals surface area (Å²) < 4.78 is 10.1.